The van der Waals surface area contributed by atoms with E-state index in [2.05, 4.69) is 15.1 Å². The van der Waals surface area contributed by atoms with E-state index in [4.69, 9.17) is 0 Å². The quantitative estimate of drug-likeness (QED) is 0.789. The lowest BCUT2D eigenvalue weighted by Crippen LogP contribution is -2.41. The molecule has 2 unspecified atom stereocenters. The Morgan fingerprint density at radius 2 is 2.04 bits per heavy atom. The minimum absolute atomic E-state index is 0.128. The highest BCUT2D eigenvalue weighted by molar-refractivity contribution is 5.95. The molecule has 0 aliphatic carbocycles. The molecule has 2 bridgehead atoms. The Balaban J connectivity index is 1.50. The number of amides is 1. The van der Waals surface area contributed by atoms with Gasteiger partial charge in [0.2, 0.25) is 0 Å². The van der Waals surface area contributed by atoms with Gasteiger partial charge in [0, 0.05) is 47.4 Å². The van der Waals surface area contributed by atoms with Crippen molar-refractivity contribution in [3.63, 3.8) is 0 Å². The number of aromatic nitrogens is 3. The molecule has 0 radical (unpaired) electrons. The molecule has 24 heavy (non-hydrogen) atoms. The van der Waals surface area contributed by atoms with Crippen LogP contribution in [-0.2, 0) is 6.42 Å². The van der Waals surface area contributed by atoms with Crippen molar-refractivity contribution in [2.75, 3.05) is 0 Å². The molecule has 4 heterocycles. The van der Waals surface area contributed by atoms with Crippen LogP contribution in [0.25, 0.3) is 5.69 Å². The number of hydrogen-bond donors (Lipinski definition) is 1. The standard InChI is InChI=1S/C19H18N4O/c24-19(13-4-3-5-14(10-13)22-8-1-2-9-22)23-15-6-7-18(23)16-12-20-21-17(16)11-15/h1-5,8-10,12,15,18H,6-7,11H2,(H,20,21). The van der Waals surface area contributed by atoms with Crippen LogP contribution < -0.4 is 0 Å². The van der Waals surface area contributed by atoms with Crippen LogP contribution in [0.4, 0.5) is 0 Å². The Bertz CT molecular complexity index is 896. The van der Waals surface area contributed by atoms with Gasteiger partial charge in [-0.1, -0.05) is 6.07 Å². The summed E-state index contributed by atoms with van der Waals surface area (Å²) >= 11 is 0. The van der Waals surface area contributed by atoms with Crippen molar-refractivity contribution >= 4 is 5.91 Å². The number of carbonyl (C=O) groups is 1. The average molecular weight is 318 g/mol. The first kappa shape index (κ1) is 13.6. The van der Waals surface area contributed by atoms with Gasteiger partial charge in [-0.05, 0) is 43.2 Å². The Labute approximate surface area is 139 Å². The molecule has 2 aliphatic heterocycles. The van der Waals surface area contributed by atoms with Crippen molar-refractivity contribution in [2.45, 2.75) is 31.3 Å². The minimum Gasteiger partial charge on any atom is -0.328 e. The van der Waals surface area contributed by atoms with Gasteiger partial charge in [0.15, 0.2) is 0 Å². The van der Waals surface area contributed by atoms with Crippen molar-refractivity contribution < 1.29 is 4.79 Å². The second-order valence-electron chi connectivity index (χ2n) is 6.61. The van der Waals surface area contributed by atoms with Gasteiger partial charge in [0.05, 0.1) is 12.2 Å². The number of aromatic amines is 1. The lowest BCUT2D eigenvalue weighted by molar-refractivity contribution is 0.0645. The van der Waals surface area contributed by atoms with Gasteiger partial charge >= 0.3 is 0 Å². The summed E-state index contributed by atoms with van der Waals surface area (Å²) in [5.74, 6) is 0.128. The van der Waals surface area contributed by atoms with E-state index >= 15 is 0 Å². The maximum Gasteiger partial charge on any atom is 0.254 e. The largest absolute Gasteiger partial charge is 0.328 e. The van der Waals surface area contributed by atoms with E-state index in [-0.39, 0.29) is 18.0 Å². The van der Waals surface area contributed by atoms with E-state index in [0.29, 0.717) is 0 Å². The highest BCUT2D eigenvalue weighted by Crippen LogP contribution is 2.43. The van der Waals surface area contributed by atoms with E-state index in [1.54, 1.807) is 0 Å². The van der Waals surface area contributed by atoms with Gasteiger partial charge in [-0.25, -0.2) is 0 Å². The van der Waals surface area contributed by atoms with E-state index in [9.17, 15) is 4.79 Å². The van der Waals surface area contributed by atoms with Gasteiger partial charge in [-0.15, -0.1) is 0 Å². The molecule has 5 rings (SSSR count). The van der Waals surface area contributed by atoms with Crippen LogP contribution in [0.5, 0.6) is 0 Å². The van der Waals surface area contributed by atoms with Gasteiger partial charge in [-0.2, -0.15) is 5.10 Å². The number of rotatable bonds is 2. The Kier molecular flexibility index (Phi) is 2.89. The summed E-state index contributed by atoms with van der Waals surface area (Å²) in [5.41, 5.74) is 4.16. The summed E-state index contributed by atoms with van der Waals surface area (Å²) in [6.07, 6.45) is 8.85. The number of carbonyl (C=O) groups excluding carboxylic acids is 1. The summed E-state index contributed by atoms with van der Waals surface area (Å²) in [7, 11) is 0. The first-order valence-electron chi connectivity index (χ1n) is 8.39. The monoisotopic (exact) mass is 318 g/mol. The zero-order valence-corrected chi connectivity index (χ0v) is 13.2. The van der Waals surface area contributed by atoms with E-state index < -0.39 is 0 Å². The molecule has 2 atom stereocenters. The van der Waals surface area contributed by atoms with Gasteiger partial charge in [0.1, 0.15) is 0 Å². The third-order valence-electron chi connectivity index (χ3n) is 5.28. The molecule has 3 aromatic rings. The van der Waals surface area contributed by atoms with Crippen LogP contribution in [0.15, 0.2) is 55.0 Å². The summed E-state index contributed by atoms with van der Waals surface area (Å²) in [5, 5.41) is 7.26. The maximum atomic E-state index is 13.2. The minimum atomic E-state index is 0.128. The average Bonchev–Trinajstić information content (AvgIpc) is 3.34. The fourth-order valence-electron chi connectivity index (χ4n) is 4.16. The molecule has 0 spiro atoms. The maximum absolute atomic E-state index is 13.2. The van der Waals surface area contributed by atoms with Crippen LogP contribution in [0.3, 0.4) is 0 Å². The van der Waals surface area contributed by atoms with Crippen LogP contribution in [-0.4, -0.2) is 31.6 Å². The third-order valence-corrected chi connectivity index (χ3v) is 5.28. The lowest BCUT2D eigenvalue weighted by atomic mass is 9.99. The lowest BCUT2D eigenvalue weighted by Gasteiger charge is -2.34. The third kappa shape index (κ3) is 1.94. The van der Waals surface area contributed by atoms with Gasteiger partial charge in [-0.3, -0.25) is 9.89 Å². The molecular formula is C19H18N4O. The Morgan fingerprint density at radius 1 is 1.17 bits per heavy atom. The molecule has 5 heteroatoms. The van der Waals surface area contributed by atoms with Crippen molar-refractivity contribution in [1.29, 1.82) is 0 Å². The van der Waals surface area contributed by atoms with Gasteiger partial charge in [0.25, 0.3) is 5.91 Å². The zero-order valence-electron chi connectivity index (χ0n) is 13.2. The molecule has 1 fully saturated rings. The fourth-order valence-corrected chi connectivity index (χ4v) is 4.16. The summed E-state index contributed by atoms with van der Waals surface area (Å²) in [6.45, 7) is 0. The van der Waals surface area contributed by atoms with Crippen molar-refractivity contribution in [3.8, 4) is 5.69 Å². The summed E-state index contributed by atoms with van der Waals surface area (Å²) in [4.78, 5) is 15.3. The van der Waals surface area contributed by atoms with E-state index in [1.165, 1.54) is 11.3 Å². The topological polar surface area (TPSA) is 53.9 Å². The van der Waals surface area contributed by atoms with Gasteiger partial charge < -0.3 is 9.47 Å². The first-order valence-corrected chi connectivity index (χ1v) is 8.39. The molecular weight excluding hydrogens is 300 g/mol. The second kappa shape index (κ2) is 5.09. The van der Waals surface area contributed by atoms with Crippen LogP contribution in [0.2, 0.25) is 0 Å². The molecule has 1 saturated heterocycles. The predicted molar refractivity (Wildman–Crippen MR) is 90.0 cm³/mol. The normalized spacial score (nSPS) is 21.8. The molecule has 0 saturated carbocycles. The Hall–Kier alpha value is -2.82. The fraction of sp³-hybridized carbons (Fsp3) is 0.263. The SMILES string of the molecule is O=C(c1cccc(-n2cccc2)c1)N1C2CCC1c1cn[nH]c1C2. The van der Waals surface area contributed by atoms with Crippen molar-refractivity contribution in [1.82, 2.24) is 19.7 Å². The van der Waals surface area contributed by atoms with E-state index in [1.807, 2.05) is 59.6 Å². The molecule has 2 aliphatic rings. The van der Waals surface area contributed by atoms with Crippen molar-refractivity contribution in [3.05, 3.63) is 71.8 Å². The number of fused-ring (bicyclic) bond motifs is 4. The molecule has 1 aromatic carbocycles. The van der Waals surface area contributed by atoms with Crippen LogP contribution >= 0.6 is 0 Å². The first-order chi connectivity index (χ1) is 11.8. The number of benzene rings is 1. The number of H-pyrrole nitrogens is 1. The highest BCUT2D eigenvalue weighted by atomic mass is 16.2. The molecule has 5 nitrogen and oxygen atoms in total. The smallest absolute Gasteiger partial charge is 0.254 e. The van der Waals surface area contributed by atoms with Crippen LogP contribution in [0.1, 0.15) is 40.5 Å². The summed E-state index contributed by atoms with van der Waals surface area (Å²) < 4.78 is 2.02. The second-order valence-corrected chi connectivity index (χ2v) is 6.61. The molecule has 1 N–H and O–H groups in total. The summed E-state index contributed by atoms with van der Waals surface area (Å²) in [6, 6.07) is 12.3. The number of hydrogen-bond acceptors (Lipinski definition) is 2. The van der Waals surface area contributed by atoms with Crippen LogP contribution in [0, 0.1) is 0 Å². The van der Waals surface area contributed by atoms with E-state index in [0.717, 1.165) is 30.5 Å². The highest BCUT2D eigenvalue weighted by Gasteiger charge is 2.43. The molecule has 120 valence electrons. The predicted octanol–water partition coefficient (Wildman–Crippen LogP) is 3.10. The molecule has 2 aromatic heterocycles. The Morgan fingerprint density at radius 3 is 2.92 bits per heavy atom. The number of nitrogens with zero attached hydrogens (tertiary/aromatic N) is 3. The molecule has 1 amide bonds. The van der Waals surface area contributed by atoms with Crippen molar-refractivity contribution in [2.24, 2.45) is 0 Å². The zero-order chi connectivity index (χ0) is 16.1. The number of nitrogens with one attached hydrogen (secondary N) is 1.